The van der Waals surface area contributed by atoms with Crippen molar-refractivity contribution in [1.82, 2.24) is 9.97 Å². The Morgan fingerprint density at radius 2 is 1.97 bits per heavy atom. The molecule has 0 saturated carbocycles. The maximum absolute atomic E-state index is 12.8. The Labute approximate surface area is 187 Å². The lowest BCUT2D eigenvalue weighted by atomic mass is 10.2. The Morgan fingerprint density at radius 1 is 1.24 bits per heavy atom. The minimum Gasteiger partial charge on any atom is -0.495 e. The van der Waals surface area contributed by atoms with Gasteiger partial charge < -0.3 is 14.8 Å². The molecule has 0 spiro atoms. The minimum absolute atomic E-state index is 0.0302. The highest BCUT2D eigenvalue weighted by molar-refractivity contribution is 7.92. The third-order valence-electron chi connectivity index (χ3n) is 3.91. The third-order valence-corrected chi connectivity index (χ3v) is 6.07. The number of alkyl halides is 3. The normalized spacial score (nSPS) is 11.4. The molecular weight excluding hydrogens is 487 g/mol. The maximum Gasteiger partial charge on any atom is 0.431 e. The van der Waals surface area contributed by atoms with E-state index < -0.39 is 38.4 Å². The van der Waals surface area contributed by atoms with E-state index in [1.165, 1.54) is 19.2 Å². The van der Waals surface area contributed by atoms with E-state index in [4.69, 9.17) is 9.84 Å². The standard InChI is InChI=1S/C19H12F3N3O6S2/c1-31-13-8-11(18(27)28)3-4-12(13)25-33(29,30)17-9-32-16(24-17)5-2-10-6-14(19(20,21)22)23-15(26)7-10/h3-4,6-9,25H,1H3,(H,23,26)(H,27,28). The fraction of sp³-hybridized carbons (Fsp3) is 0.105. The zero-order chi connectivity index (χ0) is 24.4. The number of hydrogen-bond acceptors (Lipinski definition) is 7. The van der Waals surface area contributed by atoms with Crippen LogP contribution in [0.15, 0.2) is 45.5 Å². The van der Waals surface area contributed by atoms with Crippen LogP contribution in [-0.2, 0) is 16.2 Å². The van der Waals surface area contributed by atoms with E-state index in [0.717, 1.165) is 28.8 Å². The van der Waals surface area contributed by atoms with Gasteiger partial charge in [-0.1, -0.05) is 5.92 Å². The largest absolute Gasteiger partial charge is 0.495 e. The van der Waals surface area contributed by atoms with Crippen LogP contribution in [0.2, 0.25) is 0 Å². The van der Waals surface area contributed by atoms with Crippen LogP contribution in [-0.4, -0.2) is 36.6 Å². The SMILES string of the molecule is COc1cc(C(=O)O)ccc1NS(=O)(=O)c1csc(C#Cc2cc(C(F)(F)F)[nH]c(=O)c2)n1. The van der Waals surface area contributed by atoms with Crippen molar-refractivity contribution in [3.63, 3.8) is 0 Å². The van der Waals surface area contributed by atoms with Gasteiger partial charge in [0, 0.05) is 17.0 Å². The van der Waals surface area contributed by atoms with Crippen molar-refractivity contribution in [3.8, 4) is 17.6 Å². The molecule has 0 radical (unpaired) electrons. The van der Waals surface area contributed by atoms with Gasteiger partial charge in [0.15, 0.2) is 10.0 Å². The number of hydrogen-bond donors (Lipinski definition) is 3. The Morgan fingerprint density at radius 3 is 2.61 bits per heavy atom. The monoisotopic (exact) mass is 499 g/mol. The summed E-state index contributed by atoms with van der Waals surface area (Å²) in [6, 6.07) is 5.03. The molecule has 0 unspecified atom stereocenters. The average molecular weight is 499 g/mol. The first kappa shape index (κ1) is 23.8. The van der Waals surface area contributed by atoms with Gasteiger partial charge in [-0.25, -0.2) is 9.78 Å². The highest BCUT2D eigenvalue weighted by Gasteiger charge is 2.32. The number of thiazole rings is 1. The number of sulfonamides is 1. The Hall–Kier alpha value is -3.83. The summed E-state index contributed by atoms with van der Waals surface area (Å²) in [5.74, 6) is 3.50. The van der Waals surface area contributed by atoms with Gasteiger partial charge in [0.2, 0.25) is 5.56 Å². The molecule has 33 heavy (non-hydrogen) atoms. The highest BCUT2D eigenvalue weighted by atomic mass is 32.2. The van der Waals surface area contributed by atoms with Crippen LogP contribution in [0.4, 0.5) is 18.9 Å². The van der Waals surface area contributed by atoms with Gasteiger partial charge in [-0.3, -0.25) is 9.52 Å². The molecule has 2 heterocycles. The molecule has 0 aliphatic rings. The third kappa shape index (κ3) is 5.70. The van der Waals surface area contributed by atoms with Crippen molar-refractivity contribution < 1.29 is 36.2 Å². The Bertz CT molecular complexity index is 1450. The quantitative estimate of drug-likeness (QED) is 0.459. The number of pyridine rings is 1. The number of ether oxygens (including phenoxy) is 1. The number of carboxylic acid groups (broad SMARTS) is 1. The molecule has 2 aromatic heterocycles. The Kier molecular flexibility index (Phi) is 6.47. The van der Waals surface area contributed by atoms with Crippen molar-refractivity contribution in [2.75, 3.05) is 11.8 Å². The van der Waals surface area contributed by atoms with Gasteiger partial charge in [0.05, 0.1) is 18.4 Å². The molecule has 0 atom stereocenters. The molecule has 3 aromatic rings. The van der Waals surface area contributed by atoms with Gasteiger partial charge >= 0.3 is 12.1 Å². The summed E-state index contributed by atoms with van der Waals surface area (Å²) in [5.41, 5.74) is -2.65. The molecule has 9 nitrogen and oxygen atoms in total. The van der Waals surface area contributed by atoms with Crippen LogP contribution in [0, 0.1) is 11.8 Å². The molecule has 0 bridgehead atoms. The fourth-order valence-electron chi connectivity index (χ4n) is 2.44. The molecule has 3 N–H and O–H groups in total. The number of benzene rings is 1. The van der Waals surface area contributed by atoms with Gasteiger partial charge in [-0.15, -0.1) is 11.3 Å². The fourth-order valence-corrected chi connectivity index (χ4v) is 4.45. The number of anilines is 1. The smallest absolute Gasteiger partial charge is 0.431 e. The number of carbonyl (C=O) groups is 1. The van der Waals surface area contributed by atoms with Gasteiger partial charge in [0.25, 0.3) is 10.0 Å². The minimum atomic E-state index is -4.77. The molecule has 0 aliphatic carbocycles. The molecule has 172 valence electrons. The van der Waals surface area contributed by atoms with Crippen LogP contribution in [0.3, 0.4) is 0 Å². The zero-order valence-electron chi connectivity index (χ0n) is 16.4. The predicted molar refractivity (Wildman–Crippen MR) is 111 cm³/mol. The number of rotatable bonds is 5. The molecule has 3 rings (SSSR count). The number of halogens is 3. The molecular formula is C19H12F3N3O6S2. The van der Waals surface area contributed by atoms with Crippen molar-refractivity contribution in [1.29, 1.82) is 0 Å². The molecule has 14 heteroatoms. The molecule has 0 amide bonds. The van der Waals surface area contributed by atoms with Crippen molar-refractivity contribution in [2.45, 2.75) is 11.2 Å². The van der Waals surface area contributed by atoms with Crippen molar-refractivity contribution in [2.24, 2.45) is 0 Å². The van der Waals surface area contributed by atoms with Crippen LogP contribution < -0.4 is 15.0 Å². The van der Waals surface area contributed by atoms with Crippen LogP contribution in [0.5, 0.6) is 5.75 Å². The van der Waals surface area contributed by atoms with Crippen LogP contribution in [0.1, 0.15) is 26.6 Å². The van der Waals surface area contributed by atoms with Crippen LogP contribution >= 0.6 is 11.3 Å². The van der Waals surface area contributed by atoms with Gasteiger partial charge in [0.1, 0.15) is 11.4 Å². The van der Waals surface area contributed by atoms with Gasteiger partial charge in [-0.2, -0.15) is 21.6 Å². The van der Waals surface area contributed by atoms with Crippen LogP contribution in [0.25, 0.3) is 0 Å². The van der Waals surface area contributed by atoms with E-state index in [-0.39, 0.29) is 27.6 Å². The lowest BCUT2D eigenvalue weighted by Crippen LogP contribution is -2.16. The summed E-state index contributed by atoms with van der Waals surface area (Å²) in [5, 5.41) is 9.72. The lowest BCUT2D eigenvalue weighted by molar-refractivity contribution is -0.141. The molecule has 0 fully saturated rings. The number of nitrogens with zero attached hydrogens (tertiary/aromatic N) is 1. The lowest BCUT2D eigenvalue weighted by Gasteiger charge is -2.11. The summed E-state index contributed by atoms with van der Waals surface area (Å²) >= 11 is 0.815. The molecule has 0 aliphatic heterocycles. The first-order chi connectivity index (χ1) is 15.4. The second-order valence-electron chi connectivity index (χ2n) is 6.21. The van der Waals surface area contributed by atoms with E-state index in [9.17, 15) is 31.2 Å². The number of aromatic amines is 1. The number of aromatic nitrogens is 2. The van der Waals surface area contributed by atoms with E-state index in [0.29, 0.717) is 6.07 Å². The summed E-state index contributed by atoms with van der Waals surface area (Å²) < 4.78 is 70.9. The van der Waals surface area contributed by atoms with Crippen molar-refractivity contribution >= 4 is 33.0 Å². The van der Waals surface area contributed by atoms with Gasteiger partial charge in [-0.05, 0) is 30.2 Å². The number of methoxy groups -OCH3 is 1. The topological polar surface area (TPSA) is 138 Å². The number of carboxylic acids is 1. The number of H-pyrrole nitrogens is 1. The highest BCUT2D eigenvalue weighted by Crippen LogP contribution is 2.29. The molecule has 0 saturated heterocycles. The summed E-state index contributed by atoms with van der Waals surface area (Å²) in [7, 11) is -2.99. The van der Waals surface area contributed by atoms with E-state index in [2.05, 4.69) is 21.5 Å². The van der Waals surface area contributed by atoms with E-state index in [1.54, 1.807) is 4.98 Å². The number of aromatic carboxylic acids is 1. The first-order valence-electron chi connectivity index (χ1n) is 8.62. The second-order valence-corrected chi connectivity index (χ2v) is 8.70. The Balaban J connectivity index is 1.86. The summed E-state index contributed by atoms with van der Waals surface area (Å²) in [6.07, 6.45) is -4.77. The number of nitrogens with one attached hydrogen (secondary N) is 2. The van der Waals surface area contributed by atoms with E-state index in [1.807, 2.05) is 0 Å². The molecule has 1 aromatic carbocycles. The zero-order valence-corrected chi connectivity index (χ0v) is 18.0. The summed E-state index contributed by atoms with van der Waals surface area (Å²) in [4.78, 5) is 28.0. The summed E-state index contributed by atoms with van der Waals surface area (Å²) in [6.45, 7) is 0. The maximum atomic E-state index is 12.8. The van der Waals surface area contributed by atoms with Crippen molar-refractivity contribution in [3.05, 3.63) is 67.9 Å². The van der Waals surface area contributed by atoms with E-state index >= 15 is 0 Å². The average Bonchev–Trinajstić information content (AvgIpc) is 3.21. The first-order valence-corrected chi connectivity index (χ1v) is 11.0. The predicted octanol–water partition coefficient (Wildman–Crippen LogP) is 2.76. The second kappa shape index (κ2) is 8.96.